The summed E-state index contributed by atoms with van der Waals surface area (Å²) in [6.07, 6.45) is 15.1. The van der Waals surface area contributed by atoms with E-state index in [1.54, 1.807) is 0 Å². The molecular formula is C18H32NO+. The zero-order valence-corrected chi connectivity index (χ0v) is 13.7. The van der Waals surface area contributed by atoms with Gasteiger partial charge in [-0.15, -0.1) is 0 Å². The van der Waals surface area contributed by atoms with E-state index in [4.69, 9.17) is 4.74 Å². The van der Waals surface area contributed by atoms with Crippen LogP contribution in [0.15, 0.2) is 18.5 Å². The van der Waals surface area contributed by atoms with Crippen molar-refractivity contribution < 1.29 is 9.30 Å². The number of rotatable bonds is 11. The number of nitrogens with zero attached hydrogens (tertiary/aromatic N) is 1. The van der Waals surface area contributed by atoms with Gasteiger partial charge in [0.2, 0.25) is 0 Å². The van der Waals surface area contributed by atoms with Crippen molar-refractivity contribution in [2.45, 2.75) is 78.9 Å². The van der Waals surface area contributed by atoms with Crippen LogP contribution in [0.25, 0.3) is 0 Å². The Bertz CT molecular complexity index is 362. The highest BCUT2D eigenvalue weighted by molar-refractivity contribution is 5.16. The molecule has 0 aliphatic heterocycles. The Morgan fingerprint density at radius 2 is 1.55 bits per heavy atom. The molecule has 0 aliphatic carbocycles. The Kier molecular flexibility index (Phi) is 9.31. The predicted octanol–water partition coefficient (Wildman–Crippen LogP) is 4.71. The molecule has 0 amide bonds. The van der Waals surface area contributed by atoms with Gasteiger partial charge in [-0.05, 0) is 25.8 Å². The number of aryl methyl sites for hydroxylation is 2. The first kappa shape index (κ1) is 17.2. The van der Waals surface area contributed by atoms with Gasteiger partial charge in [-0.25, -0.2) is 0 Å². The molecule has 0 aliphatic rings. The van der Waals surface area contributed by atoms with Gasteiger partial charge in [-0.2, -0.15) is 4.57 Å². The molecule has 0 radical (unpaired) electrons. The van der Waals surface area contributed by atoms with E-state index in [0.717, 1.165) is 6.61 Å². The smallest absolute Gasteiger partial charge is 0.252 e. The molecule has 0 N–H and O–H groups in total. The third-order valence-corrected chi connectivity index (χ3v) is 3.88. The molecule has 114 valence electrons. The summed E-state index contributed by atoms with van der Waals surface area (Å²) in [6, 6.07) is 2.15. The van der Waals surface area contributed by atoms with Crippen molar-refractivity contribution in [1.29, 1.82) is 0 Å². The maximum Gasteiger partial charge on any atom is 0.252 e. The Labute approximate surface area is 125 Å². The quantitative estimate of drug-likeness (QED) is 0.422. The lowest BCUT2D eigenvalue weighted by Gasteiger charge is -2.03. The Morgan fingerprint density at radius 1 is 0.900 bits per heavy atom. The molecule has 0 aromatic carbocycles. The average Bonchev–Trinajstić information content (AvgIpc) is 2.45. The topological polar surface area (TPSA) is 13.1 Å². The van der Waals surface area contributed by atoms with E-state index in [1.165, 1.54) is 62.5 Å². The zero-order valence-electron chi connectivity index (χ0n) is 13.7. The highest BCUT2D eigenvalue weighted by atomic mass is 16.5. The van der Waals surface area contributed by atoms with Gasteiger partial charge in [0, 0.05) is 11.6 Å². The first-order valence-corrected chi connectivity index (χ1v) is 8.28. The average molecular weight is 278 g/mol. The molecule has 0 unspecified atom stereocenters. The highest BCUT2D eigenvalue weighted by Gasteiger charge is 2.02. The third-order valence-electron chi connectivity index (χ3n) is 3.88. The molecule has 1 aromatic heterocycles. The molecule has 2 nitrogen and oxygen atoms in total. The second-order valence-corrected chi connectivity index (χ2v) is 5.84. The second kappa shape index (κ2) is 10.8. The summed E-state index contributed by atoms with van der Waals surface area (Å²) in [5.41, 5.74) is 2.66. The SMILES string of the molecule is CCCCCCCCCCOC[n+]1ccc(C)c(C)c1. The minimum Gasteiger partial charge on any atom is -0.323 e. The van der Waals surface area contributed by atoms with Crippen LogP contribution in [0.4, 0.5) is 0 Å². The van der Waals surface area contributed by atoms with Crippen LogP contribution in [-0.2, 0) is 11.5 Å². The van der Waals surface area contributed by atoms with Crippen molar-refractivity contribution in [2.24, 2.45) is 0 Å². The van der Waals surface area contributed by atoms with E-state index in [9.17, 15) is 0 Å². The van der Waals surface area contributed by atoms with Crippen molar-refractivity contribution in [3.05, 3.63) is 29.6 Å². The first-order chi connectivity index (χ1) is 9.74. The zero-order chi connectivity index (χ0) is 14.6. The van der Waals surface area contributed by atoms with Crippen LogP contribution in [0.5, 0.6) is 0 Å². The molecule has 2 heteroatoms. The third kappa shape index (κ3) is 7.64. The summed E-state index contributed by atoms with van der Waals surface area (Å²) in [4.78, 5) is 0. The van der Waals surface area contributed by atoms with Crippen LogP contribution in [0.1, 0.15) is 69.4 Å². The number of pyridine rings is 1. The van der Waals surface area contributed by atoms with Gasteiger partial charge in [0.1, 0.15) is 0 Å². The fourth-order valence-corrected chi connectivity index (χ4v) is 2.32. The van der Waals surface area contributed by atoms with E-state index >= 15 is 0 Å². The maximum absolute atomic E-state index is 5.72. The first-order valence-electron chi connectivity index (χ1n) is 8.28. The van der Waals surface area contributed by atoms with E-state index < -0.39 is 0 Å². The van der Waals surface area contributed by atoms with Crippen LogP contribution in [0.3, 0.4) is 0 Å². The van der Waals surface area contributed by atoms with E-state index in [2.05, 4.69) is 43.8 Å². The number of hydrogen-bond acceptors (Lipinski definition) is 1. The van der Waals surface area contributed by atoms with Gasteiger partial charge < -0.3 is 4.74 Å². The lowest BCUT2D eigenvalue weighted by Crippen LogP contribution is -2.35. The molecule has 0 fully saturated rings. The van der Waals surface area contributed by atoms with Gasteiger partial charge in [-0.3, -0.25) is 0 Å². The predicted molar refractivity (Wildman–Crippen MR) is 84.7 cm³/mol. The lowest BCUT2D eigenvalue weighted by molar-refractivity contribution is -0.733. The lowest BCUT2D eigenvalue weighted by atomic mass is 10.1. The molecule has 0 saturated carbocycles. The van der Waals surface area contributed by atoms with Crippen LogP contribution in [-0.4, -0.2) is 6.61 Å². The van der Waals surface area contributed by atoms with Gasteiger partial charge >= 0.3 is 0 Å². The minimum atomic E-state index is 0.678. The molecule has 1 aromatic rings. The molecule has 1 rings (SSSR count). The van der Waals surface area contributed by atoms with Crippen LogP contribution < -0.4 is 4.57 Å². The highest BCUT2D eigenvalue weighted by Crippen LogP contribution is 2.08. The van der Waals surface area contributed by atoms with Crippen molar-refractivity contribution in [3.8, 4) is 0 Å². The molecule has 0 bridgehead atoms. The largest absolute Gasteiger partial charge is 0.323 e. The number of ether oxygens (including phenoxy) is 1. The Hall–Kier alpha value is -0.890. The summed E-state index contributed by atoms with van der Waals surface area (Å²) >= 11 is 0. The maximum atomic E-state index is 5.72. The van der Waals surface area contributed by atoms with Crippen LogP contribution in [0.2, 0.25) is 0 Å². The van der Waals surface area contributed by atoms with E-state index in [0.29, 0.717) is 6.73 Å². The van der Waals surface area contributed by atoms with Crippen LogP contribution >= 0.6 is 0 Å². The van der Waals surface area contributed by atoms with Crippen LogP contribution in [0, 0.1) is 13.8 Å². The normalized spacial score (nSPS) is 10.9. The standard InChI is InChI=1S/C18H32NO/c1-4-5-6-7-8-9-10-11-14-20-16-19-13-12-17(2)18(3)15-19/h12-13,15H,4-11,14,16H2,1-3H3/q+1. The van der Waals surface area contributed by atoms with Gasteiger partial charge in [0.25, 0.3) is 6.73 Å². The van der Waals surface area contributed by atoms with E-state index in [-0.39, 0.29) is 0 Å². The van der Waals surface area contributed by atoms with E-state index in [1.807, 2.05) is 0 Å². The summed E-state index contributed by atoms with van der Waals surface area (Å²) in [7, 11) is 0. The minimum absolute atomic E-state index is 0.678. The number of aromatic nitrogens is 1. The molecule has 0 atom stereocenters. The molecular weight excluding hydrogens is 246 g/mol. The molecule has 20 heavy (non-hydrogen) atoms. The molecule has 0 spiro atoms. The fraction of sp³-hybridized carbons (Fsp3) is 0.722. The molecule has 1 heterocycles. The van der Waals surface area contributed by atoms with Crippen molar-refractivity contribution >= 4 is 0 Å². The molecule has 0 saturated heterocycles. The van der Waals surface area contributed by atoms with Crippen molar-refractivity contribution in [3.63, 3.8) is 0 Å². The summed E-state index contributed by atoms with van der Waals surface area (Å²) in [5.74, 6) is 0. The monoisotopic (exact) mass is 278 g/mol. The van der Waals surface area contributed by atoms with Gasteiger partial charge in [0.05, 0.1) is 6.61 Å². The van der Waals surface area contributed by atoms with Gasteiger partial charge in [0.15, 0.2) is 12.4 Å². The second-order valence-electron chi connectivity index (χ2n) is 5.84. The Morgan fingerprint density at radius 3 is 2.20 bits per heavy atom. The fourth-order valence-electron chi connectivity index (χ4n) is 2.32. The van der Waals surface area contributed by atoms with Gasteiger partial charge in [-0.1, -0.05) is 51.9 Å². The van der Waals surface area contributed by atoms with Crippen molar-refractivity contribution in [1.82, 2.24) is 0 Å². The summed E-state index contributed by atoms with van der Waals surface area (Å²) in [5, 5.41) is 0. The number of unbranched alkanes of at least 4 members (excludes halogenated alkanes) is 7. The summed E-state index contributed by atoms with van der Waals surface area (Å²) < 4.78 is 7.84. The van der Waals surface area contributed by atoms with Crippen molar-refractivity contribution in [2.75, 3.05) is 6.61 Å². The summed E-state index contributed by atoms with van der Waals surface area (Å²) in [6.45, 7) is 8.11. The Balaban J connectivity index is 1.95. The number of hydrogen-bond donors (Lipinski definition) is 0.